The van der Waals surface area contributed by atoms with Crippen LogP contribution < -0.4 is 5.56 Å². The first-order valence-corrected chi connectivity index (χ1v) is 3.16. The highest BCUT2D eigenvalue weighted by molar-refractivity contribution is 5.15. The summed E-state index contributed by atoms with van der Waals surface area (Å²) in [6.45, 7) is 0.784. The van der Waals surface area contributed by atoms with Crippen molar-refractivity contribution in [2.75, 3.05) is 6.61 Å². The van der Waals surface area contributed by atoms with E-state index in [9.17, 15) is 4.79 Å². The van der Waals surface area contributed by atoms with Crippen LogP contribution in [-0.2, 0) is 4.74 Å². The van der Waals surface area contributed by atoms with Gasteiger partial charge in [-0.05, 0) is 11.6 Å². The Hall–Kier alpha value is -1.09. The molecule has 2 rings (SSSR count). The van der Waals surface area contributed by atoms with Crippen LogP contribution in [0.25, 0.3) is 0 Å². The fourth-order valence-electron chi connectivity index (χ4n) is 0.863. The summed E-state index contributed by atoms with van der Waals surface area (Å²) in [6.07, 6.45) is 1.93. The van der Waals surface area contributed by atoms with Crippen LogP contribution in [0.5, 0.6) is 0 Å². The molecule has 1 aromatic heterocycles. The quantitative estimate of drug-likeness (QED) is 0.571. The molecule has 1 N–H and O–H groups in total. The van der Waals surface area contributed by atoms with E-state index in [2.05, 4.69) is 4.98 Å². The van der Waals surface area contributed by atoms with Crippen LogP contribution in [0.2, 0.25) is 0 Å². The average Bonchev–Trinajstić information content (AvgIpc) is 2.71. The highest BCUT2D eigenvalue weighted by atomic mass is 16.6. The molecule has 0 amide bonds. The molecule has 1 atom stereocenters. The van der Waals surface area contributed by atoms with Crippen LogP contribution in [0.3, 0.4) is 0 Å². The molecular weight excluding hydrogens is 130 g/mol. The molecule has 3 nitrogen and oxygen atoms in total. The molecule has 0 saturated carbocycles. The molecule has 1 fully saturated rings. The zero-order chi connectivity index (χ0) is 6.97. The number of aromatic nitrogens is 1. The Morgan fingerprint density at radius 2 is 2.40 bits per heavy atom. The molecule has 1 aromatic rings. The topological polar surface area (TPSA) is 45.4 Å². The molecule has 0 radical (unpaired) electrons. The van der Waals surface area contributed by atoms with Gasteiger partial charge < -0.3 is 9.72 Å². The summed E-state index contributed by atoms with van der Waals surface area (Å²) in [4.78, 5) is 13.2. The van der Waals surface area contributed by atoms with E-state index in [4.69, 9.17) is 4.74 Å². The van der Waals surface area contributed by atoms with E-state index in [1.807, 2.05) is 0 Å². The number of aromatic amines is 1. The molecule has 52 valence electrons. The molecule has 0 spiro atoms. The second kappa shape index (κ2) is 1.95. The van der Waals surface area contributed by atoms with Crippen LogP contribution >= 0.6 is 0 Å². The van der Waals surface area contributed by atoms with E-state index >= 15 is 0 Å². The third kappa shape index (κ3) is 0.953. The van der Waals surface area contributed by atoms with Gasteiger partial charge in [-0.25, -0.2) is 0 Å². The number of hydrogen-bond acceptors (Lipinski definition) is 2. The summed E-state index contributed by atoms with van der Waals surface area (Å²) in [5, 5.41) is 0. The average molecular weight is 137 g/mol. The number of hydrogen-bond donors (Lipinski definition) is 1. The Labute approximate surface area is 57.7 Å². The van der Waals surface area contributed by atoms with E-state index in [1.165, 1.54) is 6.07 Å². The lowest BCUT2D eigenvalue weighted by molar-refractivity contribution is 0.415. The van der Waals surface area contributed by atoms with Crippen LogP contribution in [0.4, 0.5) is 0 Å². The number of H-pyrrole nitrogens is 1. The summed E-state index contributed by atoms with van der Waals surface area (Å²) in [5.74, 6) is 0. The molecule has 1 unspecified atom stereocenters. The second-order valence-corrected chi connectivity index (χ2v) is 2.31. The number of pyridine rings is 1. The highest BCUT2D eigenvalue weighted by Gasteiger charge is 2.24. The van der Waals surface area contributed by atoms with Gasteiger partial charge in [-0.3, -0.25) is 4.79 Å². The van der Waals surface area contributed by atoms with Gasteiger partial charge in [-0.2, -0.15) is 0 Å². The van der Waals surface area contributed by atoms with Gasteiger partial charge in [0.2, 0.25) is 5.56 Å². The Bertz CT molecular complexity index is 267. The first kappa shape index (κ1) is 5.68. The molecule has 10 heavy (non-hydrogen) atoms. The summed E-state index contributed by atoms with van der Waals surface area (Å²) in [5.41, 5.74) is 0.990. The van der Waals surface area contributed by atoms with Crippen molar-refractivity contribution in [3.8, 4) is 0 Å². The molecule has 0 aromatic carbocycles. The minimum Gasteiger partial charge on any atom is -0.368 e. The molecule has 2 heterocycles. The fraction of sp³-hybridized carbons (Fsp3) is 0.286. The number of epoxide rings is 1. The summed E-state index contributed by atoms with van der Waals surface area (Å²) in [7, 11) is 0. The lowest BCUT2D eigenvalue weighted by Crippen LogP contribution is -2.02. The normalized spacial score (nSPS) is 22.6. The summed E-state index contributed by atoms with van der Waals surface area (Å²) in [6, 6.07) is 3.30. The van der Waals surface area contributed by atoms with Crippen LogP contribution in [0.1, 0.15) is 11.7 Å². The Kier molecular flexibility index (Phi) is 1.11. The smallest absolute Gasteiger partial charge is 0.247 e. The number of rotatable bonds is 1. The van der Waals surface area contributed by atoms with Crippen molar-refractivity contribution in [3.63, 3.8) is 0 Å². The summed E-state index contributed by atoms with van der Waals surface area (Å²) < 4.78 is 5.01. The predicted molar refractivity (Wildman–Crippen MR) is 35.8 cm³/mol. The van der Waals surface area contributed by atoms with Gasteiger partial charge in [-0.15, -0.1) is 0 Å². The minimum absolute atomic E-state index is 0.0654. The van der Waals surface area contributed by atoms with Gasteiger partial charge in [0.05, 0.1) is 6.61 Å². The van der Waals surface area contributed by atoms with Gasteiger partial charge in [0.1, 0.15) is 6.10 Å². The molecule has 0 bridgehead atoms. The predicted octanol–water partition coefficient (Wildman–Crippen LogP) is 0.446. The maximum absolute atomic E-state index is 10.6. The van der Waals surface area contributed by atoms with Crippen molar-refractivity contribution < 1.29 is 4.74 Å². The van der Waals surface area contributed by atoms with E-state index < -0.39 is 0 Å². The van der Waals surface area contributed by atoms with Crippen molar-refractivity contribution in [2.24, 2.45) is 0 Å². The van der Waals surface area contributed by atoms with E-state index in [0.29, 0.717) is 0 Å². The van der Waals surface area contributed by atoms with Crippen LogP contribution in [0.15, 0.2) is 23.1 Å². The number of nitrogens with one attached hydrogen (secondary N) is 1. The first-order valence-electron chi connectivity index (χ1n) is 3.16. The van der Waals surface area contributed by atoms with Crippen molar-refractivity contribution in [1.29, 1.82) is 0 Å². The second-order valence-electron chi connectivity index (χ2n) is 2.31. The molecule has 1 aliphatic heterocycles. The zero-order valence-corrected chi connectivity index (χ0v) is 5.33. The Morgan fingerprint density at radius 3 is 2.90 bits per heavy atom. The molecule has 0 aliphatic carbocycles. The van der Waals surface area contributed by atoms with Crippen molar-refractivity contribution in [3.05, 3.63) is 34.2 Å². The van der Waals surface area contributed by atoms with Crippen molar-refractivity contribution in [1.82, 2.24) is 4.98 Å². The van der Waals surface area contributed by atoms with Gasteiger partial charge in [0.15, 0.2) is 0 Å². The first-order chi connectivity index (χ1) is 4.86. The van der Waals surface area contributed by atoms with E-state index in [0.717, 1.165) is 12.2 Å². The lowest BCUT2D eigenvalue weighted by Gasteiger charge is -1.90. The summed E-state index contributed by atoms with van der Waals surface area (Å²) >= 11 is 0. The SMILES string of the molecule is O=c1ccc(C2CO2)c[nH]1. The standard InChI is InChI=1S/C7H7NO2/c9-7-2-1-5(3-8-7)6-4-10-6/h1-3,6H,4H2,(H,8,9). The van der Waals surface area contributed by atoms with Crippen molar-refractivity contribution >= 4 is 0 Å². The van der Waals surface area contributed by atoms with E-state index in [1.54, 1.807) is 12.3 Å². The molecule has 1 aliphatic rings. The Morgan fingerprint density at radius 1 is 1.60 bits per heavy atom. The fourth-order valence-corrected chi connectivity index (χ4v) is 0.863. The van der Waals surface area contributed by atoms with Crippen molar-refractivity contribution in [2.45, 2.75) is 6.10 Å². The molecule has 3 heteroatoms. The minimum atomic E-state index is -0.0654. The van der Waals surface area contributed by atoms with Gasteiger partial charge in [0.25, 0.3) is 0 Å². The third-order valence-electron chi connectivity index (χ3n) is 1.51. The van der Waals surface area contributed by atoms with Crippen LogP contribution in [-0.4, -0.2) is 11.6 Å². The van der Waals surface area contributed by atoms with Crippen LogP contribution in [0, 0.1) is 0 Å². The maximum Gasteiger partial charge on any atom is 0.247 e. The zero-order valence-electron chi connectivity index (χ0n) is 5.33. The number of ether oxygens (including phenoxy) is 1. The molecule has 1 saturated heterocycles. The highest BCUT2D eigenvalue weighted by Crippen LogP contribution is 2.27. The van der Waals surface area contributed by atoms with Gasteiger partial charge in [-0.1, -0.05) is 0 Å². The maximum atomic E-state index is 10.6. The van der Waals surface area contributed by atoms with Gasteiger partial charge >= 0.3 is 0 Å². The lowest BCUT2D eigenvalue weighted by atomic mass is 10.2. The van der Waals surface area contributed by atoms with Gasteiger partial charge in [0, 0.05) is 12.3 Å². The van der Waals surface area contributed by atoms with E-state index in [-0.39, 0.29) is 11.7 Å². The molecular formula is C7H7NO2. The third-order valence-corrected chi connectivity index (χ3v) is 1.51. The Balaban J connectivity index is 2.36. The monoisotopic (exact) mass is 137 g/mol. The largest absolute Gasteiger partial charge is 0.368 e.